The van der Waals surface area contributed by atoms with Crippen molar-refractivity contribution in [3.8, 4) is 11.4 Å². The van der Waals surface area contributed by atoms with Crippen LogP contribution < -0.4 is 5.32 Å². The van der Waals surface area contributed by atoms with Crippen molar-refractivity contribution in [1.29, 1.82) is 0 Å². The highest BCUT2D eigenvalue weighted by atomic mass is 32.2. The van der Waals surface area contributed by atoms with E-state index in [-0.39, 0.29) is 35.3 Å². The molecule has 0 spiro atoms. The first-order chi connectivity index (χ1) is 15.5. The Balaban J connectivity index is 1.35. The summed E-state index contributed by atoms with van der Waals surface area (Å²) in [6.07, 6.45) is 4.50. The van der Waals surface area contributed by atoms with Gasteiger partial charge in [0, 0.05) is 35.3 Å². The standard InChI is InChI=1S/C21H25N5O4S2/c27-19(23-14-7-9-32(28,29)13-14)12-31-21-25-24-20(26(21)11-15-4-3-8-30-15)17-10-22-18-6-2-1-5-16(17)18/h1-2,5-6,10,14-15,22H,3-4,7-9,11-13H2,(H,23,27)/t14-,15-/m0/s1. The van der Waals surface area contributed by atoms with E-state index in [2.05, 4.69) is 20.5 Å². The molecule has 3 aromatic rings. The van der Waals surface area contributed by atoms with Crippen LogP contribution in [0.4, 0.5) is 0 Å². The van der Waals surface area contributed by atoms with Crippen molar-refractivity contribution in [3.63, 3.8) is 0 Å². The van der Waals surface area contributed by atoms with Crippen molar-refractivity contribution in [2.75, 3.05) is 23.9 Å². The van der Waals surface area contributed by atoms with Gasteiger partial charge in [-0.2, -0.15) is 0 Å². The maximum Gasteiger partial charge on any atom is 0.230 e. The molecular formula is C21H25N5O4S2. The number of rotatable bonds is 7. The fraction of sp³-hybridized carbons (Fsp3) is 0.476. The number of carbonyl (C=O) groups is 1. The molecule has 9 nitrogen and oxygen atoms in total. The van der Waals surface area contributed by atoms with E-state index in [9.17, 15) is 13.2 Å². The molecule has 11 heteroatoms. The Labute approximate surface area is 190 Å². The number of aromatic nitrogens is 4. The van der Waals surface area contributed by atoms with E-state index in [1.165, 1.54) is 11.8 Å². The van der Waals surface area contributed by atoms with Crippen LogP contribution in [-0.4, -0.2) is 70.1 Å². The van der Waals surface area contributed by atoms with Gasteiger partial charge in [-0.25, -0.2) is 8.42 Å². The number of ether oxygens (including phenoxy) is 1. The van der Waals surface area contributed by atoms with Crippen molar-refractivity contribution in [3.05, 3.63) is 30.5 Å². The van der Waals surface area contributed by atoms with Gasteiger partial charge in [0.25, 0.3) is 0 Å². The SMILES string of the molecule is O=C(CSc1nnc(-c2c[nH]c3ccccc23)n1C[C@@H]1CCCO1)N[C@H]1CCS(=O)(=O)C1. The number of benzene rings is 1. The lowest BCUT2D eigenvalue weighted by molar-refractivity contribution is -0.119. The van der Waals surface area contributed by atoms with Crippen LogP contribution in [0.1, 0.15) is 19.3 Å². The van der Waals surface area contributed by atoms with Gasteiger partial charge in [0.1, 0.15) is 0 Å². The summed E-state index contributed by atoms with van der Waals surface area (Å²) in [7, 11) is -3.03. The summed E-state index contributed by atoms with van der Waals surface area (Å²) >= 11 is 1.31. The van der Waals surface area contributed by atoms with Crippen LogP contribution in [0.2, 0.25) is 0 Å². The number of aromatic amines is 1. The molecule has 1 aromatic carbocycles. The van der Waals surface area contributed by atoms with Crippen molar-refractivity contribution in [1.82, 2.24) is 25.1 Å². The van der Waals surface area contributed by atoms with Gasteiger partial charge in [0.05, 0.1) is 29.9 Å². The first-order valence-electron chi connectivity index (χ1n) is 10.7. The lowest BCUT2D eigenvalue weighted by atomic mass is 10.1. The summed E-state index contributed by atoms with van der Waals surface area (Å²) in [6, 6.07) is 7.73. The van der Waals surface area contributed by atoms with Gasteiger partial charge >= 0.3 is 0 Å². The van der Waals surface area contributed by atoms with E-state index < -0.39 is 9.84 Å². The van der Waals surface area contributed by atoms with E-state index in [0.29, 0.717) is 18.1 Å². The van der Waals surface area contributed by atoms with Crippen LogP contribution in [0, 0.1) is 0 Å². The Hall–Kier alpha value is -2.37. The minimum Gasteiger partial charge on any atom is -0.376 e. The third kappa shape index (κ3) is 4.55. The Morgan fingerprint density at radius 2 is 2.16 bits per heavy atom. The number of para-hydroxylation sites is 1. The van der Waals surface area contributed by atoms with Crippen molar-refractivity contribution < 1.29 is 17.9 Å². The van der Waals surface area contributed by atoms with Gasteiger partial charge in [-0.05, 0) is 25.3 Å². The van der Waals surface area contributed by atoms with Crippen LogP contribution >= 0.6 is 11.8 Å². The van der Waals surface area contributed by atoms with Crippen LogP contribution in [0.15, 0.2) is 35.6 Å². The van der Waals surface area contributed by atoms with E-state index in [0.717, 1.165) is 41.7 Å². The van der Waals surface area contributed by atoms with Crippen molar-refractivity contribution in [2.45, 2.75) is 43.1 Å². The average Bonchev–Trinajstić information content (AvgIpc) is 3.55. The molecule has 2 aromatic heterocycles. The van der Waals surface area contributed by atoms with Crippen molar-refractivity contribution in [2.24, 2.45) is 0 Å². The number of hydrogen-bond acceptors (Lipinski definition) is 7. The lowest BCUT2D eigenvalue weighted by Gasteiger charge is -2.15. The quantitative estimate of drug-likeness (QED) is 0.502. The van der Waals surface area contributed by atoms with E-state index >= 15 is 0 Å². The van der Waals surface area contributed by atoms with Gasteiger partial charge in [-0.3, -0.25) is 9.36 Å². The van der Waals surface area contributed by atoms with E-state index in [4.69, 9.17) is 4.74 Å². The zero-order chi connectivity index (χ0) is 22.1. The van der Waals surface area contributed by atoms with Gasteiger partial charge in [0.15, 0.2) is 20.8 Å². The third-order valence-corrected chi connectivity index (χ3v) is 8.62. The first-order valence-corrected chi connectivity index (χ1v) is 13.5. The summed E-state index contributed by atoms with van der Waals surface area (Å²) in [5.74, 6) is 0.840. The Kier molecular flexibility index (Phi) is 5.95. The number of nitrogens with one attached hydrogen (secondary N) is 2. The molecule has 0 saturated carbocycles. The lowest BCUT2D eigenvalue weighted by Crippen LogP contribution is -2.36. The molecule has 2 saturated heterocycles. The molecule has 1 amide bonds. The second-order valence-electron chi connectivity index (χ2n) is 8.26. The number of carbonyl (C=O) groups excluding carboxylic acids is 1. The van der Waals surface area contributed by atoms with Gasteiger partial charge in [-0.15, -0.1) is 10.2 Å². The van der Waals surface area contributed by atoms with Crippen LogP contribution in [0.25, 0.3) is 22.3 Å². The molecule has 2 N–H and O–H groups in total. The van der Waals surface area contributed by atoms with Crippen LogP contribution in [0.5, 0.6) is 0 Å². The van der Waals surface area contributed by atoms with Gasteiger partial charge in [-0.1, -0.05) is 30.0 Å². The molecular weight excluding hydrogens is 450 g/mol. The van der Waals surface area contributed by atoms with E-state index in [1.54, 1.807) is 0 Å². The highest BCUT2D eigenvalue weighted by molar-refractivity contribution is 7.99. The van der Waals surface area contributed by atoms with Gasteiger partial charge in [0.2, 0.25) is 5.91 Å². The summed E-state index contributed by atoms with van der Waals surface area (Å²) in [6.45, 7) is 1.37. The second kappa shape index (κ2) is 8.87. The van der Waals surface area contributed by atoms with Crippen LogP contribution in [0.3, 0.4) is 0 Å². The monoisotopic (exact) mass is 475 g/mol. The predicted octanol–water partition coefficient (Wildman–Crippen LogP) is 2.00. The van der Waals surface area contributed by atoms with E-state index in [1.807, 2.05) is 35.0 Å². The summed E-state index contributed by atoms with van der Waals surface area (Å²) in [5, 5.41) is 13.4. The molecule has 0 radical (unpaired) electrons. The molecule has 4 heterocycles. The van der Waals surface area contributed by atoms with Gasteiger partial charge < -0.3 is 15.0 Å². The average molecular weight is 476 g/mol. The molecule has 5 rings (SSSR count). The van der Waals surface area contributed by atoms with Crippen LogP contribution in [-0.2, 0) is 25.9 Å². The normalized spacial score (nSPS) is 22.5. The summed E-state index contributed by atoms with van der Waals surface area (Å²) in [5.41, 5.74) is 1.98. The Morgan fingerprint density at radius 3 is 2.94 bits per heavy atom. The molecule has 2 aliphatic heterocycles. The fourth-order valence-electron chi connectivity index (χ4n) is 4.32. The highest BCUT2D eigenvalue weighted by Crippen LogP contribution is 2.31. The zero-order valence-electron chi connectivity index (χ0n) is 17.5. The maximum atomic E-state index is 12.4. The molecule has 0 bridgehead atoms. The Bertz CT molecular complexity index is 1230. The molecule has 2 atom stereocenters. The number of thioether (sulfide) groups is 1. The zero-order valence-corrected chi connectivity index (χ0v) is 19.1. The summed E-state index contributed by atoms with van der Waals surface area (Å²) in [4.78, 5) is 15.7. The molecule has 0 unspecified atom stereocenters. The highest BCUT2D eigenvalue weighted by Gasteiger charge is 2.29. The number of nitrogens with zero attached hydrogens (tertiary/aromatic N) is 3. The minimum absolute atomic E-state index is 0.0172. The minimum atomic E-state index is -3.03. The smallest absolute Gasteiger partial charge is 0.230 e. The number of hydrogen-bond donors (Lipinski definition) is 2. The topological polar surface area (TPSA) is 119 Å². The van der Waals surface area contributed by atoms with Crippen molar-refractivity contribution >= 4 is 38.4 Å². The number of amides is 1. The second-order valence-corrected chi connectivity index (χ2v) is 11.4. The number of fused-ring (bicyclic) bond motifs is 1. The molecule has 170 valence electrons. The largest absolute Gasteiger partial charge is 0.376 e. The summed E-state index contributed by atoms with van der Waals surface area (Å²) < 4.78 is 31.1. The molecule has 2 aliphatic rings. The first kappa shape index (κ1) is 21.5. The number of sulfone groups is 1. The maximum absolute atomic E-state index is 12.4. The predicted molar refractivity (Wildman–Crippen MR) is 122 cm³/mol. The molecule has 0 aliphatic carbocycles. The molecule has 32 heavy (non-hydrogen) atoms. The third-order valence-electron chi connectivity index (χ3n) is 5.89. The number of H-pyrrole nitrogens is 1. The Morgan fingerprint density at radius 1 is 1.28 bits per heavy atom. The fourth-order valence-corrected chi connectivity index (χ4v) is 6.75. The molecule has 2 fully saturated rings.